The maximum atomic E-state index is 12.4. The van der Waals surface area contributed by atoms with Crippen LogP contribution in [0.4, 0.5) is 18.3 Å². The van der Waals surface area contributed by atoms with Crippen LogP contribution in [0.25, 0.3) is 0 Å². The van der Waals surface area contributed by atoms with Crippen molar-refractivity contribution in [2.75, 3.05) is 25.0 Å². The van der Waals surface area contributed by atoms with Gasteiger partial charge in [-0.2, -0.15) is 13.2 Å². The first kappa shape index (κ1) is 15.6. The van der Waals surface area contributed by atoms with Gasteiger partial charge in [-0.05, 0) is 25.8 Å². The van der Waals surface area contributed by atoms with Crippen molar-refractivity contribution in [2.24, 2.45) is 0 Å². The van der Waals surface area contributed by atoms with Crippen molar-refractivity contribution in [3.8, 4) is 0 Å². The third-order valence-corrected chi connectivity index (χ3v) is 4.32. The highest BCUT2D eigenvalue weighted by molar-refractivity contribution is 7.15. The van der Waals surface area contributed by atoms with E-state index in [1.165, 1.54) is 23.3 Å². The van der Waals surface area contributed by atoms with E-state index in [2.05, 4.69) is 17.2 Å². The summed E-state index contributed by atoms with van der Waals surface area (Å²) in [5, 5.41) is 3.77. The number of nitrogens with one attached hydrogen (secondary N) is 1. The topological polar surface area (TPSA) is 28.2 Å². The number of rotatable bonds is 7. The van der Waals surface area contributed by atoms with Gasteiger partial charge in [-0.3, -0.25) is 0 Å². The highest BCUT2D eigenvalue weighted by Crippen LogP contribution is 2.44. The van der Waals surface area contributed by atoms with E-state index in [4.69, 9.17) is 0 Å². The van der Waals surface area contributed by atoms with Crippen molar-refractivity contribution in [2.45, 2.75) is 44.8 Å². The number of hydrogen-bond donors (Lipinski definition) is 1. The van der Waals surface area contributed by atoms with E-state index in [-0.39, 0.29) is 0 Å². The lowest BCUT2D eigenvalue weighted by Crippen LogP contribution is -2.30. The molecule has 0 saturated heterocycles. The minimum absolute atomic E-state index is 0.456. The molecule has 0 spiro atoms. The van der Waals surface area contributed by atoms with Crippen LogP contribution in [0, 0.1) is 0 Å². The molecule has 7 heteroatoms. The van der Waals surface area contributed by atoms with Crippen LogP contribution in [0.5, 0.6) is 0 Å². The predicted molar refractivity (Wildman–Crippen MR) is 75.4 cm³/mol. The molecule has 0 aliphatic heterocycles. The highest BCUT2D eigenvalue weighted by Gasteiger charge is 2.33. The van der Waals surface area contributed by atoms with Gasteiger partial charge in [-0.25, -0.2) is 4.98 Å². The van der Waals surface area contributed by atoms with Gasteiger partial charge in [-0.1, -0.05) is 6.92 Å². The van der Waals surface area contributed by atoms with Crippen LogP contribution in [-0.2, 0) is 6.54 Å². The van der Waals surface area contributed by atoms with Crippen LogP contribution in [0.2, 0.25) is 0 Å². The van der Waals surface area contributed by atoms with Crippen LogP contribution in [0.3, 0.4) is 0 Å². The highest BCUT2D eigenvalue weighted by atomic mass is 32.1. The lowest BCUT2D eigenvalue weighted by Gasteiger charge is -2.17. The minimum Gasteiger partial charge on any atom is -0.342 e. The van der Waals surface area contributed by atoms with Gasteiger partial charge in [0.15, 0.2) is 5.13 Å². The van der Waals surface area contributed by atoms with E-state index < -0.39 is 12.7 Å². The van der Waals surface area contributed by atoms with Gasteiger partial charge < -0.3 is 10.2 Å². The molecule has 1 aliphatic rings. The van der Waals surface area contributed by atoms with Crippen molar-refractivity contribution in [3.63, 3.8) is 0 Å². The van der Waals surface area contributed by atoms with E-state index in [1.54, 1.807) is 0 Å². The summed E-state index contributed by atoms with van der Waals surface area (Å²) < 4.78 is 37.3. The van der Waals surface area contributed by atoms with E-state index in [9.17, 15) is 13.2 Å². The average Bonchev–Trinajstić information content (AvgIpc) is 3.09. The van der Waals surface area contributed by atoms with Gasteiger partial charge in [0.2, 0.25) is 0 Å². The zero-order valence-electron chi connectivity index (χ0n) is 11.8. The second kappa shape index (κ2) is 6.30. The van der Waals surface area contributed by atoms with Crippen molar-refractivity contribution < 1.29 is 13.2 Å². The lowest BCUT2D eigenvalue weighted by atomic mass is 10.2. The zero-order valence-corrected chi connectivity index (χ0v) is 12.6. The summed E-state index contributed by atoms with van der Waals surface area (Å²) in [4.78, 5) is 6.72. The number of aromatic nitrogens is 1. The monoisotopic (exact) mass is 307 g/mol. The molecule has 1 aromatic rings. The Morgan fingerprint density at radius 1 is 1.40 bits per heavy atom. The summed E-state index contributed by atoms with van der Waals surface area (Å²) in [5.41, 5.74) is 1.00. The van der Waals surface area contributed by atoms with Crippen molar-refractivity contribution in [1.82, 2.24) is 10.3 Å². The number of halogens is 3. The quantitative estimate of drug-likeness (QED) is 0.781. The van der Waals surface area contributed by atoms with Crippen LogP contribution in [0.15, 0.2) is 0 Å². The Morgan fingerprint density at radius 2 is 2.10 bits per heavy atom. The fraction of sp³-hybridized carbons (Fsp3) is 0.769. The SMILES string of the molecule is CCCNCc1sc(N(C)CC(F)(F)F)nc1C1CC1. The average molecular weight is 307 g/mol. The van der Waals surface area contributed by atoms with Gasteiger partial charge in [-0.15, -0.1) is 11.3 Å². The Bertz CT molecular complexity index is 441. The molecule has 2 rings (SSSR count). The zero-order chi connectivity index (χ0) is 14.8. The van der Waals surface area contributed by atoms with E-state index >= 15 is 0 Å². The number of anilines is 1. The maximum absolute atomic E-state index is 12.4. The van der Waals surface area contributed by atoms with Gasteiger partial charge in [0.1, 0.15) is 6.54 Å². The maximum Gasteiger partial charge on any atom is 0.405 e. The molecule has 1 fully saturated rings. The summed E-state index contributed by atoms with van der Waals surface area (Å²) in [6.07, 6.45) is -0.945. The summed E-state index contributed by atoms with van der Waals surface area (Å²) in [6, 6.07) is 0. The summed E-state index contributed by atoms with van der Waals surface area (Å²) in [6.45, 7) is 2.75. The fourth-order valence-corrected chi connectivity index (χ4v) is 3.11. The Hall–Kier alpha value is -0.820. The molecular weight excluding hydrogens is 287 g/mol. The standard InChI is InChI=1S/C13H20F3N3S/c1-3-6-17-7-10-11(9-4-5-9)18-12(20-10)19(2)8-13(14,15)16/h9,17H,3-8H2,1-2H3. The number of nitrogens with zero attached hydrogens (tertiary/aromatic N) is 2. The van der Waals surface area contributed by atoms with E-state index in [0.717, 1.165) is 36.4 Å². The van der Waals surface area contributed by atoms with Crippen molar-refractivity contribution in [3.05, 3.63) is 10.6 Å². The van der Waals surface area contributed by atoms with Gasteiger partial charge >= 0.3 is 6.18 Å². The van der Waals surface area contributed by atoms with Gasteiger partial charge in [0.25, 0.3) is 0 Å². The third-order valence-electron chi connectivity index (χ3n) is 3.14. The van der Waals surface area contributed by atoms with E-state index in [0.29, 0.717) is 17.6 Å². The molecule has 1 aliphatic carbocycles. The Labute approximate surface area is 121 Å². The molecule has 0 amide bonds. The molecule has 1 N–H and O–H groups in total. The van der Waals surface area contributed by atoms with E-state index in [1.807, 2.05) is 0 Å². The summed E-state index contributed by atoms with van der Waals surface area (Å²) in [5.74, 6) is 0.456. The molecule has 1 saturated carbocycles. The van der Waals surface area contributed by atoms with Crippen LogP contribution in [0.1, 0.15) is 42.7 Å². The van der Waals surface area contributed by atoms with Gasteiger partial charge in [0.05, 0.1) is 5.69 Å². The minimum atomic E-state index is -4.19. The molecule has 3 nitrogen and oxygen atoms in total. The Balaban J connectivity index is 2.07. The molecule has 0 aromatic carbocycles. The van der Waals surface area contributed by atoms with Crippen LogP contribution < -0.4 is 10.2 Å². The smallest absolute Gasteiger partial charge is 0.342 e. The lowest BCUT2D eigenvalue weighted by molar-refractivity contribution is -0.119. The first-order valence-corrected chi connectivity index (χ1v) is 7.70. The molecule has 1 aromatic heterocycles. The molecule has 114 valence electrons. The summed E-state index contributed by atoms with van der Waals surface area (Å²) >= 11 is 1.38. The second-order valence-electron chi connectivity index (χ2n) is 5.23. The fourth-order valence-electron chi connectivity index (χ4n) is 2.03. The van der Waals surface area contributed by atoms with Crippen molar-refractivity contribution >= 4 is 16.5 Å². The van der Waals surface area contributed by atoms with Crippen LogP contribution in [-0.4, -0.2) is 31.3 Å². The first-order valence-electron chi connectivity index (χ1n) is 6.89. The molecule has 0 atom stereocenters. The molecule has 20 heavy (non-hydrogen) atoms. The molecule has 1 heterocycles. The van der Waals surface area contributed by atoms with Gasteiger partial charge in [0, 0.05) is 24.4 Å². The second-order valence-corrected chi connectivity index (χ2v) is 6.29. The normalized spacial score (nSPS) is 15.7. The molecule has 0 bridgehead atoms. The van der Waals surface area contributed by atoms with Crippen LogP contribution >= 0.6 is 11.3 Å². The summed E-state index contributed by atoms with van der Waals surface area (Å²) in [7, 11) is 1.45. The molecule has 0 radical (unpaired) electrons. The molecular formula is C13H20F3N3S. The largest absolute Gasteiger partial charge is 0.405 e. The third kappa shape index (κ3) is 4.34. The Kier molecular flexibility index (Phi) is 4.90. The molecule has 0 unspecified atom stereocenters. The number of alkyl halides is 3. The van der Waals surface area contributed by atoms with Crippen molar-refractivity contribution in [1.29, 1.82) is 0 Å². The Morgan fingerprint density at radius 3 is 2.65 bits per heavy atom. The number of hydrogen-bond acceptors (Lipinski definition) is 4. The first-order chi connectivity index (χ1) is 9.40. The predicted octanol–water partition coefficient (Wildman–Crippen LogP) is 3.52. The number of thiazole rings is 1.